The molecule has 3 aliphatic rings. The van der Waals surface area contributed by atoms with Crippen LogP contribution in [0.5, 0.6) is 0 Å². The summed E-state index contributed by atoms with van der Waals surface area (Å²) in [6.45, 7) is 5.93. The van der Waals surface area contributed by atoms with Crippen molar-refractivity contribution < 1.29 is 9.36 Å². The van der Waals surface area contributed by atoms with Gasteiger partial charge in [0.15, 0.2) is 11.9 Å². The number of rotatable bonds is 4. The summed E-state index contributed by atoms with van der Waals surface area (Å²) in [6, 6.07) is 6.33. The standard InChI is InChI=1S/C21H26N3OS2/c1-4-23-13-9-8-10-15(23)14-18-24(5-2)20(25)19(27-18)21-22(3)16-11-6-7-12-17(16)26-21/h6-11,13,17-18H,4-5,12,14H2,1-3H3/q+1. The van der Waals surface area contributed by atoms with Gasteiger partial charge in [-0.1, -0.05) is 41.7 Å². The minimum Gasteiger partial charge on any atom is -0.341 e. The van der Waals surface area contributed by atoms with E-state index in [2.05, 4.69) is 73.0 Å². The van der Waals surface area contributed by atoms with Crippen LogP contribution in [0.15, 0.2) is 58.3 Å². The molecule has 2 aliphatic heterocycles. The number of carbonyl (C=O) groups is 1. The average molecular weight is 401 g/mol. The zero-order valence-electron chi connectivity index (χ0n) is 16.1. The lowest BCUT2D eigenvalue weighted by Gasteiger charge is -2.20. The van der Waals surface area contributed by atoms with Crippen LogP contribution >= 0.6 is 23.5 Å². The Bertz CT molecular complexity index is 846. The lowest BCUT2D eigenvalue weighted by molar-refractivity contribution is -0.700. The number of allylic oxidation sites excluding steroid dienone is 3. The number of aromatic nitrogens is 1. The number of aryl methyl sites for hydroxylation is 1. The van der Waals surface area contributed by atoms with Crippen molar-refractivity contribution in [1.29, 1.82) is 0 Å². The fourth-order valence-corrected chi connectivity index (χ4v) is 6.84. The summed E-state index contributed by atoms with van der Waals surface area (Å²) in [4.78, 5) is 18.4. The van der Waals surface area contributed by atoms with E-state index in [1.165, 1.54) is 11.4 Å². The minimum absolute atomic E-state index is 0.161. The number of hydrogen-bond acceptors (Lipinski definition) is 4. The second-order valence-electron chi connectivity index (χ2n) is 6.90. The van der Waals surface area contributed by atoms with Crippen molar-refractivity contribution in [2.45, 2.75) is 43.9 Å². The second kappa shape index (κ2) is 7.76. The van der Waals surface area contributed by atoms with E-state index in [0.717, 1.165) is 35.9 Å². The topological polar surface area (TPSA) is 27.4 Å². The lowest BCUT2D eigenvalue weighted by Crippen LogP contribution is -2.41. The van der Waals surface area contributed by atoms with Gasteiger partial charge in [0.1, 0.15) is 11.4 Å². The summed E-state index contributed by atoms with van der Waals surface area (Å²) in [5.41, 5.74) is 2.60. The summed E-state index contributed by atoms with van der Waals surface area (Å²) < 4.78 is 2.27. The molecule has 2 atom stereocenters. The third-order valence-electron chi connectivity index (χ3n) is 5.38. The van der Waals surface area contributed by atoms with Gasteiger partial charge in [0, 0.05) is 31.4 Å². The molecule has 4 nitrogen and oxygen atoms in total. The number of pyridine rings is 1. The molecule has 1 aromatic rings. The van der Waals surface area contributed by atoms with E-state index in [9.17, 15) is 4.79 Å². The van der Waals surface area contributed by atoms with E-state index in [0.29, 0.717) is 5.25 Å². The third kappa shape index (κ3) is 3.34. The van der Waals surface area contributed by atoms with Crippen LogP contribution in [-0.4, -0.2) is 39.9 Å². The van der Waals surface area contributed by atoms with Gasteiger partial charge in [0.25, 0.3) is 5.91 Å². The van der Waals surface area contributed by atoms with Crippen LogP contribution in [0.1, 0.15) is 26.0 Å². The molecule has 0 spiro atoms. The maximum Gasteiger partial charge on any atom is 0.263 e. The Hall–Kier alpha value is -1.66. The molecule has 4 rings (SSSR count). The van der Waals surface area contributed by atoms with Crippen LogP contribution in [0.2, 0.25) is 0 Å². The van der Waals surface area contributed by atoms with Gasteiger partial charge in [0.05, 0.1) is 22.1 Å². The molecule has 0 N–H and O–H groups in total. The van der Waals surface area contributed by atoms with E-state index in [4.69, 9.17) is 0 Å². The Balaban J connectivity index is 1.63. The molecular formula is C21H26N3OS2+. The second-order valence-corrected chi connectivity index (χ2v) is 9.28. The molecule has 1 amide bonds. The number of likely N-dealkylation sites (N-methyl/N-ethyl adjacent to an activating group) is 1. The van der Waals surface area contributed by atoms with Crippen molar-refractivity contribution in [3.05, 3.63) is 63.9 Å². The van der Waals surface area contributed by atoms with E-state index >= 15 is 0 Å². The number of amides is 1. The van der Waals surface area contributed by atoms with E-state index in [1.807, 2.05) is 16.7 Å². The Kier molecular flexibility index (Phi) is 5.37. The van der Waals surface area contributed by atoms with E-state index < -0.39 is 0 Å². The molecule has 3 heterocycles. The molecule has 0 aromatic carbocycles. The monoisotopic (exact) mass is 400 g/mol. The molecule has 0 saturated carbocycles. The van der Waals surface area contributed by atoms with Crippen LogP contribution in [-0.2, 0) is 17.8 Å². The molecule has 27 heavy (non-hydrogen) atoms. The maximum atomic E-state index is 13.2. The molecule has 1 aromatic heterocycles. The van der Waals surface area contributed by atoms with Gasteiger partial charge in [-0.25, -0.2) is 4.57 Å². The minimum atomic E-state index is 0.161. The molecule has 2 saturated heterocycles. The first-order valence-corrected chi connectivity index (χ1v) is 11.4. The predicted octanol–water partition coefficient (Wildman–Crippen LogP) is 3.52. The van der Waals surface area contributed by atoms with Crippen LogP contribution < -0.4 is 4.57 Å². The summed E-state index contributed by atoms with van der Waals surface area (Å²) in [5.74, 6) is 0.188. The van der Waals surface area contributed by atoms with Gasteiger partial charge >= 0.3 is 0 Å². The highest BCUT2D eigenvalue weighted by Crippen LogP contribution is 2.50. The zero-order chi connectivity index (χ0) is 19.0. The average Bonchev–Trinajstić information content (AvgIpc) is 3.19. The van der Waals surface area contributed by atoms with Crippen molar-refractivity contribution in [2.24, 2.45) is 0 Å². The van der Waals surface area contributed by atoms with Crippen molar-refractivity contribution in [3.63, 3.8) is 0 Å². The summed E-state index contributed by atoms with van der Waals surface area (Å²) in [7, 11) is 2.10. The Morgan fingerprint density at radius 3 is 2.85 bits per heavy atom. The SMILES string of the molecule is CCN1C(=O)C(=C2SC3CC=CC=C3N2C)SC1Cc1cccc[n+]1CC. The normalized spacial score (nSPS) is 27.4. The maximum absolute atomic E-state index is 13.2. The Labute approximate surface area is 170 Å². The van der Waals surface area contributed by atoms with Crippen molar-refractivity contribution in [1.82, 2.24) is 9.80 Å². The fourth-order valence-electron chi connectivity index (χ4n) is 3.91. The molecule has 6 heteroatoms. The molecule has 2 unspecified atom stereocenters. The van der Waals surface area contributed by atoms with Crippen LogP contribution in [0.25, 0.3) is 0 Å². The molecule has 1 aliphatic carbocycles. The van der Waals surface area contributed by atoms with Gasteiger partial charge in [-0.15, -0.1) is 0 Å². The Morgan fingerprint density at radius 2 is 2.11 bits per heavy atom. The number of hydrogen-bond donors (Lipinski definition) is 0. The zero-order valence-corrected chi connectivity index (χ0v) is 17.7. The first-order valence-electron chi connectivity index (χ1n) is 9.60. The summed E-state index contributed by atoms with van der Waals surface area (Å²) in [6.07, 6.45) is 10.6. The van der Waals surface area contributed by atoms with Crippen LogP contribution in [0, 0.1) is 0 Å². The summed E-state index contributed by atoms with van der Waals surface area (Å²) in [5, 5.41) is 1.73. The quantitative estimate of drug-likeness (QED) is 0.571. The Morgan fingerprint density at radius 1 is 1.26 bits per heavy atom. The lowest BCUT2D eigenvalue weighted by atomic mass is 10.1. The first kappa shape index (κ1) is 18.7. The molecule has 2 fully saturated rings. The largest absolute Gasteiger partial charge is 0.341 e. The van der Waals surface area contributed by atoms with Gasteiger partial charge in [-0.2, -0.15) is 0 Å². The first-order chi connectivity index (χ1) is 13.1. The van der Waals surface area contributed by atoms with Gasteiger partial charge in [0.2, 0.25) is 0 Å². The fraction of sp³-hybridized carbons (Fsp3) is 0.429. The van der Waals surface area contributed by atoms with Crippen molar-refractivity contribution in [3.8, 4) is 0 Å². The molecular weight excluding hydrogens is 374 g/mol. The highest BCUT2D eigenvalue weighted by atomic mass is 32.2. The molecule has 0 radical (unpaired) electrons. The van der Waals surface area contributed by atoms with Gasteiger partial charge < -0.3 is 9.80 Å². The van der Waals surface area contributed by atoms with Gasteiger partial charge in [-0.05, 0) is 26.3 Å². The van der Waals surface area contributed by atoms with E-state index in [1.54, 1.807) is 11.8 Å². The van der Waals surface area contributed by atoms with Crippen LogP contribution in [0.3, 0.4) is 0 Å². The molecule has 142 valence electrons. The highest BCUT2D eigenvalue weighted by molar-refractivity contribution is 8.08. The number of carbonyl (C=O) groups excluding carboxylic acids is 1. The predicted molar refractivity (Wildman–Crippen MR) is 113 cm³/mol. The molecule has 0 bridgehead atoms. The third-order valence-corrected chi connectivity index (χ3v) is 8.23. The van der Waals surface area contributed by atoms with Crippen molar-refractivity contribution >= 4 is 29.4 Å². The van der Waals surface area contributed by atoms with Crippen LogP contribution in [0.4, 0.5) is 0 Å². The summed E-state index contributed by atoms with van der Waals surface area (Å²) >= 11 is 3.59. The highest BCUT2D eigenvalue weighted by Gasteiger charge is 2.42. The number of fused-ring (bicyclic) bond motifs is 1. The van der Waals surface area contributed by atoms with E-state index in [-0.39, 0.29) is 11.3 Å². The number of nitrogens with zero attached hydrogens (tertiary/aromatic N) is 3. The van der Waals surface area contributed by atoms with Gasteiger partial charge in [-0.3, -0.25) is 4.79 Å². The smallest absolute Gasteiger partial charge is 0.263 e. The van der Waals surface area contributed by atoms with Crippen molar-refractivity contribution in [2.75, 3.05) is 13.6 Å². The number of thioether (sulfide) groups is 2.